The van der Waals surface area contributed by atoms with Gasteiger partial charge in [-0.3, -0.25) is 14.4 Å². The summed E-state index contributed by atoms with van der Waals surface area (Å²) in [6, 6.07) is 14.4. The van der Waals surface area contributed by atoms with Crippen molar-refractivity contribution in [1.29, 1.82) is 0 Å². The zero-order chi connectivity index (χ0) is 22.4. The molecule has 2 atom stereocenters. The molecule has 0 aromatic heterocycles. The standard InChI is InChI=1S/C24H28N2O5/c1-4-31-20-11-9-19(10-12-20)26-15-18(13-22(26)27)24(29)25-21(14-23(28)30-3)17-7-5-16(2)6-8-17/h5-12,18,21H,4,13-15H2,1-3H3,(H,25,29)/t18-,21+/m1/s1. The van der Waals surface area contributed by atoms with Crippen LogP contribution < -0.4 is 15.0 Å². The van der Waals surface area contributed by atoms with E-state index in [1.807, 2.05) is 62.4 Å². The van der Waals surface area contributed by atoms with Crippen LogP contribution in [0.1, 0.15) is 36.9 Å². The summed E-state index contributed by atoms with van der Waals surface area (Å²) in [5, 5.41) is 2.94. The Kier molecular flexibility index (Phi) is 7.28. The van der Waals surface area contributed by atoms with E-state index >= 15 is 0 Å². The molecule has 0 aliphatic carbocycles. The van der Waals surface area contributed by atoms with Gasteiger partial charge in [0.15, 0.2) is 0 Å². The summed E-state index contributed by atoms with van der Waals surface area (Å²) in [4.78, 5) is 39.0. The molecule has 1 aliphatic rings. The van der Waals surface area contributed by atoms with Gasteiger partial charge in [-0.25, -0.2) is 0 Å². The SMILES string of the molecule is CCOc1ccc(N2C[C@H](C(=O)N[C@@H](CC(=O)OC)c3ccc(C)cc3)CC2=O)cc1. The number of hydrogen-bond donors (Lipinski definition) is 1. The minimum atomic E-state index is -0.518. The van der Waals surface area contributed by atoms with Crippen molar-refractivity contribution < 1.29 is 23.9 Å². The number of rotatable bonds is 8. The molecule has 2 aromatic carbocycles. The quantitative estimate of drug-likeness (QED) is 0.658. The van der Waals surface area contributed by atoms with E-state index in [1.54, 1.807) is 4.90 Å². The van der Waals surface area contributed by atoms with Crippen molar-refractivity contribution in [2.75, 3.05) is 25.2 Å². The molecule has 2 amide bonds. The summed E-state index contributed by atoms with van der Waals surface area (Å²) in [6.45, 7) is 4.73. The Labute approximate surface area is 182 Å². The van der Waals surface area contributed by atoms with E-state index in [2.05, 4.69) is 5.32 Å². The van der Waals surface area contributed by atoms with Crippen LogP contribution in [0.4, 0.5) is 5.69 Å². The minimum Gasteiger partial charge on any atom is -0.494 e. The smallest absolute Gasteiger partial charge is 0.307 e. The van der Waals surface area contributed by atoms with Crippen molar-refractivity contribution in [1.82, 2.24) is 5.32 Å². The van der Waals surface area contributed by atoms with Crippen LogP contribution in [0.25, 0.3) is 0 Å². The maximum Gasteiger partial charge on any atom is 0.307 e. The predicted octanol–water partition coefficient (Wildman–Crippen LogP) is 3.17. The summed E-state index contributed by atoms with van der Waals surface area (Å²) in [6.07, 6.45) is 0.145. The molecule has 164 valence electrons. The van der Waals surface area contributed by atoms with Crippen molar-refractivity contribution in [3.63, 3.8) is 0 Å². The van der Waals surface area contributed by atoms with Crippen molar-refractivity contribution in [2.24, 2.45) is 5.92 Å². The van der Waals surface area contributed by atoms with Gasteiger partial charge in [0.25, 0.3) is 0 Å². The third-order valence-corrected chi connectivity index (χ3v) is 5.35. The molecule has 7 heteroatoms. The van der Waals surface area contributed by atoms with Gasteiger partial charge in [-0.2, -0.15) is 0 Å². The van der Waals surface area contributed by atoms with E-state index < -0.39 is 17.9 Å². The largest absolute Gasteiger partial charge is 0.494 e. The van der Waals surface area contributed by atoms with Gasteiger partial charge in [0, 0.05) is 18.7 Å². The maximum atomic E-state index is 13.0. The molecule has 0 spiro atoms. The first kappa shape index (κ1) is 22.3. The molecule has 1 aliphatic heterocycles. The molecule has 0 radical (unpaired) electrons. The number of carbonyl (C=O) groups excluding carboxylic acids is 3. The number of ether oxygens (including phenoxy) is 2. The summed E-state index contributed by atoms with van der Waals surface area (Å²) in [5.41, 5.74) is 2.63. The van der Waals surface area contributed by atoms with Gasteiger partial charge in [0.2, 0.25) is 11.8 Å². The topological polar surface area (TPSA) is 84.9 Å². The van der Waals surface area contributed by atoms with E-state index in [4.69, 9.17) is 9.47 Å². The van der Waals surface area contributed by atoms with E-state index in [1.165, 1.54) is 7.11 Å². The number of amides is 2. The van der Waals surface area contributed by atoms with Gasteiger partial charge in [-0.05, 0) is 43.7 Å². The third-order valence-electron chi connectivity index (χ3n) is 5.35. The van der Waals surface area contributed by atoms with E-state index in [9.17, 15) is 14.4 Å². The van der Waals surface area contributed by atoms with Crippen LogP contribution in [-0.4, -0.2) is 38.0 Å². The molecule has 7 nitrogen and oxygen atoms in total. The molecule has 3 rings (SSSR count). The Bertz CT molecular complexity index is 924. The first-order valence-electron chi connectivity index (χ1n) is 10.4. The number of nitrogens with one attached hydrogen (secondary N) is 1. The molecule has 2 aromatic rings. The number of esters is 1. The maximum absolute atomic E-state index is 13.0. The van der Waals surface area contributed by atoms with Gasteiger partial charge < -0.3 is 19.7 Å². The highest BCUT2D eigenvalue weighted by Gasteiger charge is 2.36. The molecule has 1 heterocycles. The van der Waals surface area contributed by atoms with Gasteiger partial charge in [-0.15, -0.1) is 0 Å². The molecular formula is C24H28N2O5. The zero-order valence-corrected chi connectivity index (χ0v) is 18.1. The van der Waals surface area contributed by atoms with Crippen LogP contribution >= 0.6 is 0 Å². The van der Waals surface area contributed by atoms with E-state index in [0.717, 1.165) is 22.6 Å². The lowest BCUT2D eigenvalue weighted by molar-refractivity contribution is -0.141. The number of carbonyl (C=O) groups is 3. The molecule has 1 N–H and O–H groups in total. The summed E-state index contributed by atoms with van der Waals surface area (Å²) in [5.74, 6) is -0.537. The highest BCUT2D eigenvalue weighted by molar-refractivity contribution is 6.00. The second-order valence-corrected chi connectivity index (χ2v) is 7.58. The van der Waals surface area contributed by atoms with Crippen LogP contribution in [0.15, 0.2) is 48.5 Å². The average molecular weight is 424 g/mol. The summed E-state index contributed by atoms with van der Waals surface area (Å²) in [7, 11) is 1.32. The summed E-state index contributed by atoms with van der Waals surface area (Å²) < 4.78 is 10.2. The van der Waals surface area contributed by atoms with Crippen LogP contribution in [0.5, 0.6) is 5.75 Å². The number of anilines is 1. The number of methoxy groups -OCH3 is 1. The first-order chi connectivity index (χ1) is 14.9. The molecule has 31 heavy (non-hydrogen) atoms. The van der Waals surface area contributed by atoms with Crippen molar-refractivity contribution >= 4 is 23.5 Å². The number of benzene rings is 2. The third kappa shape index (κ3) is 5.63. The Balaban J connectivity index is 1.69. The number of aryl methyl sites for hydroxylation is 1. The Morgan fingerprint density at radius 2 is 1.81 bits per heavy atom. The number of hydrogen-bond acceptors (Lipinski definition) is 5. The highest BCUT2D eigenvalue weighted by Crippen LogP contribution is 2.28. The first-order valence-corrected chi connectivity index (χ1v) is 10.4. The second-order valence-electron chi connectivity index (χ2n) is 7.58. The average Bonchev–Trinajstić information content (AvgIpc) is 3.16. The van der Waals surface area contributed by atoms with Crippen LogP contribution in [0.3, 0.4) is 0 Å². The van der Waals surface area contributed by atoms with Gasteiger partial charge in [0.05, 0.1) is 32.1 Å². The zero-order valence-electron chi connectivity index (χ0n) is 18.1. The lowest BCUT2D eigenvalue weighted by Gasteiger charge is -2.21. The Morgan fingerprint density at radius 1 is 1.13 bits per heavy atom. The fraction of sp³-hybridized carbons (Fsp3) is 0.375. The van der Waals surface area contributed by atoms with Crippen LogP contribution in [0.2, 0.25) is 0 Å². The Hall–Kier alpha value is -3.35. The normalized spacial score (nSPS) is 16.7. The van der Waals surface area contributed by atoms with Crippen LogP contribution in [0, 0.1) is 12.8 Å². The number of nitrogens with zero attached hydrogens (tertiary/aromatic N) is 1. The molecule has 0 unspecified atom stereocenters. The lowest BCUT2D eigenvalue weighted by Crippen LogP contribution is -2.36. The fourth-order valence-electron chi connectivity index (χ4n) is 3.61. The van der Waals surface area contributed by atoms with Gasteiger partial charge >= 0.3 is 5.97 Å². The van der Waals surface area contributed by atoms with E-state index in [0.29, 0.717) is 6.61 Å². The van der Waals surface area contributed by atoms with E-state index in [-0.39, 0.29) is 31.2 Å². The van der Waals surface area contributed by atoms with Crippen molar-refractivity contribution in [2.45, 2.75) is 32.7 Å². The van der Waals surface area contributed by atoms with Crippen molar-refractivity contribution in [3.05, 3.63) is 59.7 Å². The predicted molar refractivity (Wildman–Crippen MR) is 117 cm³/mol. The van der Waals surface area contributed by atoms with Gasteiger partial charge in [0.1, 0.15) is 5.75 Å². The monoisotopic (exact) mass is 424 g/mol. The van der Waals surface area contributed by atoms with Crippen molar-refractivity contribution in [3.8, 4) is 5.75 Å². The Morgan fingerprint density at radius 3 is 2.42 bits per heavy atom. The fourth-order valence-corrected chi connectivity index (χ4v) is 3.61. The highest BCUT2D eigenvalue weighted by atomic mass is 16.5. The minimum absolute atomic E-state index is 0.0224. The molecule has 1 saturated heterocycles. The van der Waals surface area contributed by atoms with Gasteiger partial charge in [-0.1, -0.05) is 29.8 Å². The second kappa shape index (κ2) is 10.1. The summed E-state index contributed by atoms with van der Waals surface area (Å²) >= 11 is 0. The molecule has 0 saturated carbocycles. The molecular weight excluding hydrogens is 396 g/mol. The molecule has 1 fully saturated rings. The molecule has 0 bridgehead atoms. The lowest BCUT2D eigenvalue weighted by atomic mass is 10.0. The van der Waals surface area contributed by atoms with Crippen LogP contribution in [-0.2, 0) is 19.1 Å².